The monoisotopic (exact) mass is 264 g/mol. The molecule has 0 bridgehead atoms. The molecule has 0 aliphatic carbocycles. The summed E-state index contributed by atoms with van der Waals surface area (Å²) in [4.78, 5) is 20.3. The van der Waals surface area contributed by atoms with Crippen molar-refractivity contribution in [2.45, 2.75) is 40.5 Å². The number of carbonyl (C=O) groups is 2. The van der Waals surface area contributed by atoms with Crippen LogP contribution in [-0.4, -0.2) is 45.6 Å². The molecule has 0 amide bonds. The third-order valence-electron chi connectivity index (χ3n) is 2.39. The molecule has 6 nitrogen and oxygen atoms in total. The predicted octanol–water partition coefficient (Wildman–Crippen LogP) is 0.959. The maximum Gasteiger partial charge on any atom is 0.309 e. The summed E-state index contributed by atoms with van der Waals surface area (Å²) in [6.45, 7) is 6.90. The van der Waals surface area contributed by atoms with E-state index in [4.69, 9.17) is 20.4 Å². The van der Waals surface area contributed by atoms with E-state index in [1.54, 1.807) is 0 Å². The molecule has 0 aromatic carbocycles. The van der Waals surface area contributed by atoms with Crippen LogP contribution in [-0.2, 0) is 9.59 Å². The number of aliphatic carboxylic acids is 2. The molecule has 0 radical (unpaired) electrons. The summed E-state index contributed by atoms with van der Waals surface area (Å²) < 4.78 is 0. The van der Waals surface area contributed by atoms with Crippen LogP contribution in [0, 0.1) is 10.8 Å². The van der Waals surface area contributed by atoms with Gasteiger partial charge in [-0.25, -0.2) is 0 Å². The lowest BCUT2D eigenvalue weighted by Gasteiger charge is -2.18. The lowest BCUT2D eigenvalue weighted by Crippen LogP contribution is -2.26. The Kier molecular flexibility index (Phi) is 8.59. The van der Waals surface area contributed by atoms with Gasteiger partial charge in [-0.3, -0.25) is 9.59 Å². The fraction of sp³-hybridized carbons (Fsp3) is 0.833. The van der Waals surface area contributed by atoms with E-state index in [2.05, 4.69) is 0 Å². The van der Waals surface area contributed by atoms with Crippen molar-refractivity contribution in [2.75, 3.05) is 13.2 Å². The lowest BCUT2D eigenvalue weighted by molar-refractivity contribution is -0.153. The second-order valence-corrected chi connectivity index (χ2v) is 5.56. The van der Waals surface area contributed by atoms with Crippen molar-refractivity contribution >= 4 is 11.9 Å². The van der Waals surface area contributed by atoms with Gasteiger partial charge in [-0.05, 0) is 25.7 Å². The molecule has 0 atom stereocenters. The summed E-state index contributed by atoms with van der Waals surface area (Å²) in [6.07, 6.45) is 0.325. The minimum atomic E-state index is -1.16. The van der Waals surface area contributed by atoms with E-state index in [-0.39, 0.29) is 25.0 Å². The van der Waals surface area contributed by atoms with Gasteiger partial charge < -0.3 is 20.4 Å². The lowest BCUT2D eigenvalue weighted by atomic mass is 9.90. The van der Waals surface area contributed by atoms with Gasteiger partial charge in [0.25, 0.3) is 0 Å². The number of carboxylic acids is 2. The van der Waals surface area contributed by atoms with Gasteiger partial charge in [0.2, 0.25) is 0 Å². The van der Waals surface area contributed by atoms with E-state index in [1.165, 1.54) is 13.8 Å². The number of hydrogen-bond donors (Lipinski definition) is 4. The number of rotatable bonds is 6. The van der Waals surface area contributed by atoms with Crippen LogP contribution in [0.25, 0.3) is 0 Å². The largest absolute Gasteiger partial charge is 0.481 e. The molecule has 0 saturated carbocycles. The molecule has 0 rings (SSSR count). The van der Waals surface area contributed by atoms with Crippen molar-refractivity contribution in [2.24, 2.45) is 10.8 Å². The van der Waals surface area contributed by atoms with E-state index < -0.39 is 17.4 Å². The highest BCUT2D eigenvalue weighted by molar-refractivity contribution is 5.80. The highest BCUT2D eigenvalue weighted by Gasteiger charge is 2.29. The molecule has 4 N–H and O–H groups in total. The highest BCUT2D eigenvalue weighted by atomic mass is 16.4. The zero-order chi connectivity index (χ0) is 15.0. The topological polar surface area (TPSA) is 115 Å². The number of aliphatic hydroxyl groups is 2. The van der Waals surface area contributed by atoms with Crippen LogP contribution >= 0.6 is 0 Å². The van der Waals surface area contributed by atoms with Crippen LogP contribution in [0.2, 0.25) is 0 Å². The van der Waals surface area contributed by atoms with Crippen molar-refractivity contribution < 1.29 is 30.0 Å². The van der Waals surface area contributed by atoms with Gasteiger partial charge in [-0.1, -0.05) is 13.8 Å². The first-order valence-electron chi connectivity index (χ1n) is 5.65. The van der Waals surface area contributed by atoms with Crippen LogP contribution < -0.4 is 0 Å². The average molecular weight is 264 g/mol. The molecule has 0 aromatic heterocycles. The third kappa shape index (κ3) is 10.0. The number of hydrogen-bond acceptors (Lipinski definition) is 4. The maximum absolute atomic E-state index is 10.3. The van der Waals surface area contributed by atoms with Gasteiger partial charge in [-0.2, -0.15) is 0 Å². The Hall–Kier alpha value is -1.14. The predicted molar refractivity (Wildman–Crippen MR) is 66.2 cm³/mol. The van der Waals surface area contributed by atoms with Crippen LogP contribution in [0.15, 0.2) is 0 Å². The Balaban J connectivity index is 0. The van der Waals surface area contributed by atoms with E-state index in [1.807, 2.05) is 13.8 Å². The van der Waals surface area contributed by atoms with Crippen LogP contribution in [0.5, 0.6) is 0 Å². The first kappa shape index (κ1) is 19.2. The third-order valence-corrected chi connectivity index (χ3v) is 2.39. The van der Waals surface area contributed by atoms with Crippen molar-refractivity contribution in [3.8, 4) is 0 Å². The number of carboxylic acid groups (broad SMARTS) is 2. The minimum Gasteiger partial charge on any atom is -0.481 e. The fourth-order valence-electron chi connectivity index (χ4n) is 0.835. The van der Waals surface area contributed by atoms with Crippen molar-refractivity contribution in [3.05, 3.63) is 0 Å². The molecule has 0 fully saturated rings. The van der Waals surface area contributed by atoms with E-state index in [0.29, 0.717) is 6.42 Å². The molecular weight excluding hydrogens is 240 g/mol. The molecular formula is C12H24O6. The SMILES string of the molecule is CC(C)(CC(=O)O)C(=O)O.CC(C)(CO)CCO. The molecule has 0 heterocycles. The summed E-state index contributed by atoms with van der Waals surface area (Å²) >= 11 is 0. The van der Waals surface area contributed by atoms with Crippen molar-refractivity contribution in [1.82, 2.24) is 0 Å². The zero-order valence-electron chi connectivity index (χ0n) is 11.4. The Labute approximate surface area is 107 Å². The quantitative estimate of drug-likeness (QED) is 0.568. The highest BCUT2D eigenvalue weighted by Crippen LogP contribution is 2.19. The second-order valence-electron chi connectivity index (χ2n) is 5.56. The van der Waals surface area contributed by atoms with E-state index >= 15 is 0 Å². The molecule has 0 unspecified atom stereocenters. The summed E-state index contributed by atoms with van der Waals surface area (Å²) in [6, 6.07) is 0. The number of aliphatic hydroxyl groups excluding tert-OH is 2. The first-order valence-corrected chi connectivity index (χ1v) is 5.65. The van der Waals surface area contributed by atoms with Crippen LogP contribution in [0.1, 0.15) is 40.5 Å². The minimum absolute atomic E-state index is 0.102. The summed E-state index contributed by atoms with van der Waals surface area (Å²) in [5.74, 6) is -2.18. The van der Waals surface area contributed by atoms with Gasteiger partial charge in [-0.15, -0.1) is 0 Å². The van der Waals surface area contributed by atoms with Gasteiger partial charge >= 0.3 is 11.9 Å². The summed E-state index contributed by atoms with van der Waals surface area (Å²) in [5.41, 5.74) is -1.26. The van der Waals surface area contributed by atoms with E-state index in [0.717, 1.165) is 0 Å². The first-order chi connectivity index (χ1) is 7.98. The Morgan fingerprint density at radius 2 is 1.44 bits per heavy atom. The Bertz CT molecular complexity index is 270. The second kappa shape index (κ2) is 8.05. The van der Waals surface area contributed by atoms with Crippen molar-refractivity contribution in [3.63, 3.8) is 0 Å². The van der Waals surface area contributed by atoms with Crippen LogP contribution in [0.3, 0.4) is 0 Å². The standard InChI is InChI=1S/C6H10O4.C6H14O2/c1-6(2,5(9)10)3-4(7)8;1-6(2,5-8)3-4-7/h3H2,1-2H3,(H,7,8)(H,9,10);7-8H,3-5H2,1-2H3. The molecule has 0 aromatic rings. The van der Waals surface area contributed by atoms with Gasteiger partial charge in [0.05, 0.1) is 11.8 Å². The molecule has 0 aliphatic heterocycles. The molecule has 0 spiro atoms. The molecule has 18 heavy (non-hydrogen) atoms. The van der Waals surface area contributed by atoms with Crippen LogP contribution in [0.4, 0.5) is 0 Å². The summed E-state index contributed by atoms with van der Waals surface area (Å²) in [7, 11) is 0. The Morgan fingerprint density at radius 3 is 1.56 bits per heavy atom. The van der Waals surface area contributed by atoms with Gasteiger partial charge in [0.15, 0.2) is 0 Å². The average Bonchev–Trinajstić information content (AvgIpc) is 2.16. The normalized spacial score (nSPS) is 11.4. The van der Waals surface area contributed by atoms with Gasteiger partial charge in [0.1, 0.15) is 0 Å². The maximum atomic E-state index is 10.3. The Morgan fingerprint density at radius 1 is 1.00 bits per heavy atom. The van der Waals surface area contributed by atoms with Crippen molar-refractivity contribution in [1.29, 1.82) is 0 Å². The summed E-state index contributed by atoms with van der Waals surface area (Å²) in [5, 5.41) is 33.7. The van der Waals surface area contributed by atoms with E-state index in [9.17, 15) is 9.59 Å². The molecule has 0 aliphatic rings. The molecule has 0 saturated heterocycles. The van der Waals surface area contributed by atoms with Gasteiger partial charge in [0, 0.05) is 13.2 Å². The smallest absolute Gasteiger partial charge is 0.309 e. The fourth-order valence-corrected chi connectivity index (χ4v) is 0.835. The molecule has 108 valence electrons. The zero-order valence-corrected chi connectivity index (χ0v) is 11.4. The molecule has 6 heteroatoms.